The zero-order chi connectivity index (χ0) is 10.2. The monoisotopic (exact) mass is 208 g/mol. The third-order valence-electron chi connectivity index (χ3n) is 1.23. The molecule has 0 aliphatic carbocycles. The minimum atomic E-state index is -0.442. The largest absolute Gasteiger partial charge is 0.366 e. The third-order valence-corrected chi connectivity index (χ3v) is 1.66. The van der Waals surface area contributed by atoms with Crippen molar-refractivity contribution >= 4 is 17.4 Å². The van der Waals surface area contributed by atoms with Gasteiger partial charge in [0.15, 0.2) is 0 Å². The molecule has 0 saturated carbocycles. The van der Waals surface area contributed by atoms with Gasteiger partial charge in [0.2, 0.25) is 5.91 Å². The van der Waals surface area contributed by atoms with Gasteiger partial charge in [0.25, 0.3) is 0 Å². The fourth-order valence-electron chi connectivity index (χ4n) is 0.645. The van der Waals surface area contributed by atoms with E-state index in [-0.39, 0.29) is 0 Å². The van der Waals surface area contributed by atoms with Crippen molar-refractivity contribution in [2.75, 3.05) is 0 Å². The van der Waals surface area contributed by atoms with Crippen molar-refractivity contribution in [3.05, 3.63) is 41.7 Å². The highest BCUT2D eigenvalue weighted by molar-refractivity contribution is 7.03. The van der Waals surface area contributed by atoms with Gasteiger partial charge in [0.1, 0.15) is 0 Å². The molecule has 0 atom stereocenters. The Morgan fingerprint density at radius 2 is 2.29 bits per heavy atom. The quantitative estimate of drug-likeness (QED) is 0.748. The van der Waals surface area contributed by atoms with Crippen LogP contribution in [0.2, 0.25) is 0 Å². The Morgan fingerprint density at radius 3 is 2.57 bits per heavy atom. The predicted octanol–water partition coefficient (Wildman–Crippen LogP) is 0.719. The fourth-order valence-corrected chi connectivity index (χ4v) is 0.917. The number of carbonyl (C=O) groups is 1. The highest BCUT2D eigenvalue weighted by Gasteiger charge is 1.94. The van der Waals surface area contributed by atoms with Crippen LogP contribution in [-0.2, 0) is 0 Å². The predicted molar refractivity (Wildman–Crippen MR) is 52.7 cm³/mol. The van der Waals surface area contributed by atoms with Gasteiger partial charge in [-0.15, -0.1) is 5.10 Å². The molecule has 0 spiro atoms. The van der Waals surface area contributed by atoms with Crippen LogP contribution in [0.25, 0.3) is 0 Å². The molecule has 0 aromatic carbocycles. The van der Waals surface area contributed by atoms with Crippen molar-refractivity contribution < 1.29 is 4.79 Å². The molecule has 1 amide bonds. The van der Waals surface area contributed by atoms with E-state index in [0.29, 0.717) is 5.56 Å². The summed E-state index contributed by atoms with van der Waals surface area (Å²) in [5.74, 6) is -0.442. The van der Waals surface area contributed by atoms with Crippen molar-refractivity contribution in [2.24, 2.45) is 5.73 Å². The van der Waals surface area contributed by atoms with E-state index >= 15 is 0 Å². The fraction of sp³-hybridized carbons (Fsp3) is 0. The lowest BCUT2D eigenvalue weighted by Gasteiger charge is -1.88. The van der Waals surface area contributed by atoms with Gasteiger partial charge in [0.05, 0.1) is 11.8 Å². The van der Waals surface area contributed by atoms with Gasteiger partial charge >= 0.3 is 0 Å². The molecule has 0 radical (unpaired) electrons. The summed E-state index contributed by atoms with van der Waals surface area (Å²) in [6.07, 6.45) is 4.68. The molecule has 0 fully saturated rings. The summed E-state index contributed by atoms with van der Waals surface area (Å²) in [6.45, 7) is 0. The molecule has 0 unspecified atom stereocenters. The van der Waals surface area contributed by atoms with Gasteiger partial charge < -0.3 is 5.73 Å². The van der Waals surface area contributed by atoms with Gasteiger partial charge in [-0.3, -0.25) is 9.78 Å². The lowest BCUT2D eigenvalue weighted by atomic mass is 10.3. The first kappa shape index (κ1) is 10.3. The van der Waals surface area contributed by atoms with Crippen LogP contribution in [0, 0.1) is 0 Å². The van der Waals surface area contributed by atoms with E-state index in [4.69, 9.17) is 5.73 Å². The lowest BCUT2D eigenvalue weighted by molar-refractivity contribution is 0.1000. The molecule has 72 valence electrons. The van der Waals surface area contributed by atoms with Crippen LogP contribution in [0.5, 0.6) is 0 Å². The van der Waals surface area contributed by atoms with E-state index in [2.05, 4.69) is 14.6 Å². The Hall–Kier alpha value is -1.82. The summed E-state index contributed by atoms with van der Waals surface area (Å²) in [6, 6.07) is 3.29. The third kappa shape index (κ3) is 3.72. The number of aromatic nitrogens is 3. The minimum absolute atomic E-state index is 0.442. The summed E-state index contributed by atoms with van der Waals surface area (Å²) >= 11 is 1.35. The van der Waals surface area contributed by atoms with Crippen LogP contribution < -0.4 is 5.73 Å². The number of hydrogen-bond acceptors (Lipinski definition) is 5. The van der Waals surface area contributed by atoms with Gasteiger partial charge in [-0.05, 0) is 23.7 Å². The Bertz CT molecular complexity index is 345. The number of nitrogens with zero attached hydrogens (tertiary/aromatic N) is 3. The molecule has 14 heavy (non-hydrogen) atoms. The highest BCUT2D eigenvalue weighted by Crippen LogP contribution is 1.91. The zero-order valence-corrected chi connectivity index (χ0v) is 8.02. The molecule has 2 N–H and O–H groups in total. The van der Waals surface area contributed by atoms with Gasteiger partial charge in [-0.25, -0.2) is 0 Å². The second-order valence-corrected chi connectivity index (χ2v) is 2.84. The summed E-state index contributed by atoms with van der Waals surface area (Å²) in [7, 11) is 0. The number of amides is 1. The molecule has 2 rings (SSSR count). The van der Waals surface area contributed by atoms with Crippen LogP contribution >= 0.6 is 11.5 Å². The maximum Gasteiger partial charge on any atom is 0.250 e. The van der Waals surface area contributed by atoms with Crippen molar-refractivity contribution in [3.8, 4) is 0 Å². The van der Waals surface area contributed by atoms with E-state index in [1.807, 2.05) is 5.38 Å². The number of rotatable bonds is 1. The Morgan fingerprint density at radius 1 is 1.43 bits per heavy atom. The summed E-state index contributed by atoms with van der Waals surface area (Å²) < 4.78 is 3.51. The number of primary amides is 1. The van der Waals surface area contributed by atoms with Gasteiger partial charge in [-0.1, -0.05) is 4.49 Å². The molecule has 0 aliphatic rings. The number of pyridine rings is 1. The number of nitrogens with two attached hydrogens (primary N) is 1. The Kier molecular flexibility index (Phi) is 4.22. The van der Waals surface area contributed by atoms with E-state index in [9.17, 15) is 4.79 Å². The maximum atomic E-state index is 10.4. The lowest BCUT2D eigenvalue weighted by Crippen LogP contribution is -2.10. The molecular formula is C8H8N4OS. The van der Waals surface area contributed by atoms with E-state index in [0.717, 1.165) is 0 Å². The SMILES string of the molecule is NC(=O)c1cccnc1.c1csnn1. The molecule has 0 saturated heterocycles. The molecule has 0 aliphatic heterocycles. The molecule has 5 nitrogen and oxygen atoms in total. The van der Waals surface area contributed by atoms with Gasteiger partial charge in [0, 0.05) is 17.8 Å². The summed E-state index contributed by atoms with van der Waals surface area (Å²) in [5, 5.41) is 5.31. The Balaban J connectivity index is 0.000000165. The topological polar surface area (TPSA) is 81.8 Å². The van der Waals surface area contributed by atoms with Crippen LogP contribution in [0.1, 0.15) is 10.4 Å². The van der Waals surface area contributed by atoms with E-state index < -0.39 is 5.91 Å². The van der Waals surface area contributed by atoms with E-state index in [1.165, 1.54) is 17.7 Å². The molecule has 2 aromatic rings. The standard InChI is InChI=1S/C6H6N2O.C2H2N2S/c7-6(9)5-2-1-3-8-4-5;1-2-5-4-3-1/h1-4H,(H2,7,9);1-2H. The van der Waals surface area contributed by atoms with Crippen LogP contribution in [0.3, 0.4) is 0 Å². The van der Waals surface area contributed by atoms with Crippen LogP contribution in [0.4, 0.5) is 0 Å². The zero-order valence-electron chi connectivity index (χ0n) is 7.20. The normalized spacial score (nSPS) is 8.57. The van der Waals surface area contributed by atoms with Crippen LogP contribution in [-0.4, -0.2) is 20.5 Å². The van der Waals surface area contributed by atoms with Gasteiger partial charge in [-0.2, -0.15) is 0 Å². The number of carbonyl (C=O) groups excluding carboxylic acids is 1. The first-order chi connectivity index (χ1) is 6.80. The summed E-state index contributed by atoms with van der Waals surface area (Å²) in [4.78, 5) is 14.1. The van der Waals surface area contributed by atoms with Crippen molar-refractivity contribution in [1.82, 2.24) is 14.6 Å². The molecule has 2 heterocycles. The molecule has 6 heteroatoms. The summed E-state index contributed by atoms with van der Waals surface area (Å²) in [5.41, 5.74) is 5.38. The van der Waals surface area contributed by atoms with E-state index in [1.54, 1.807) is 24.5 Å². The van der Waals surface area contributed by atoms with Crippen molar-refractivity contribution in [3.63, 3.8) is 0 Å². The van der Waals surface area contributed by atoms with Crippen LogP contribution in [0.15, 0.2) is 36.1 Å². The second-order valence-electron chi connectivity index (χ2n) is 2.19. The average Bonchev–Trinajstić information content (AvgIpc) is 2.77. The maximum absolute atomic E-state index is 10.4. The molecule has 0 bridgehead atoms. The van der Waals surface area contributed by atoms with Crippen molar-refractivity contribution in [1.29, 1.82) is 0 Å². The van der Waals surface area contributed by atoms with Crippen molar-refractivity contribution in [2.45, 2.75) is 0 Å². The molecular weight excluding hydrogens is 200 g/mol. The highest BCUT2D eigenvalue weighted by atomic mass is 32.1. The second kappa shape index (κ2) is 5.76. The molecule has 2 aromatic heterocycles. The first-order valence-corrected chi connectivity index (χ1v) is 4.55. The smallest absolute Gasteiger partial charge is 0.250 e. The first-order valence-electron chi connectivity index (χ1n) is 3.71. The minimum Gasteiger partial charge on any atom is -0.366 e. The average molecular weight is 208 g/mol. The Labute approximate surface area is 84.8 Å². The number of hydrogen-bond donors (Lipinski definition) is 1.